The van der Waals surface area contributed by atoms with Gasteiger partial charge in [0, 0.05) is 0 Å². The van der Waals surface area contributed by atoms with Crippen molar-refractivity contribution in [3.8, 4) is 0 Å². The molecule has 0 atom stereocenters. The van der Waals surface area contributed by atoms with E-state index in [1.54, 1.807) is 48.5 Å². The Balaban J connectivity index is 1.48. The van der Waals surface area contributed by atoms with E-state index in [1.807, 2.05) is 12.1 Å². The molecule has 5 aromatic carbocycles. The molecule has 0 spiro atoms. The molecule has 0 saturated heterocycles. The van der Waals surface area contributed by atoms with Gasteiger partial charge in [-0.25, -0.2) is 28.0 Å². The van der Waals surface area contributed by atoms with Gasteiger partial charge in [0.15, 0.2) is 11.1 Å². The maximum atomic E-state index is 13.4. The lowest BCUT2D eigenvalue weighted by molar-refractivity contribution is -0.146. The molecule has 0 amide bonds. The van der Waals surface area contributed by atoms with Crippen LogP contribution in [-0.4, -0.2) is 23.9 Å². The molecule has 5 aromatic rings. The second-order valence-electron chi connectivity index (χ2n) is 10.9. The summed E-state index contributed by atoms with van der Waals surface area (Å²) < 4.78 is 48.4. The number of halogens is 2. The van der Waals surface area contributed by atoms with E-state index in [0.29, 0.717) is 22.3 Å². The Bertz CT molecular complexity index is 1940. The van der Waals surface area contributed by atoms with Crippen LogP contribution in [0.25, 0.3) is 11.1 Å². The predicted octanol–water partition coefficient (Wildman–Crippen LogP) is 5.24. The summed E-state index contributed by atoms with van der Waals surface area (Å²) in [6.07, 6.45) is 0. The van der Waals surface area contributed by atoms with E-state index in [0.717, 1.165) is 0 Å². The topological polar surface area (TPSA) is 105 Å². The van der Waals surface area contributed by atoms with Gasteiger partial charge >= 0.3 is 23.9 Å². The second-order valence-corrected chi connectivity index (χ2v) is 10.9. The molecule has 0 fully saturated rings. The number of rotatable bonds is 12. The zero-order valence-electron chi connectivity index (χ0n) is 26.6. The molecule has 50 heavy (non-hydrogen) atoms. The van der Waals surface area contributed by atoms with Crippen LogP contribution in [0.3, 0.4) is 0 Å². The molecule has 0 aliphatic rings. The number of hydrogen-bond acceptors (Lipinski definition) is 8. The van der Waals surface area contributed by atoms with Crippen LogP contribution in [0.5, 0.6) is 0 Å². The minimum absolute atomic E-state index is 0.0524. The lowest BCUT2D eigenvalue weighted by atomic mass is 10.1. The molecular formula is C40H30F2O8. The van der Waals surface area contributed by atoms with E-state index in [9.17, 15) is 28.0 Å². The zero-order chi connectivity index (χ0) is 35.3. The van der Waals surface area contributed by atoms with Gasteiger partial charge < -0.3 is 18.9 Å². The van der Waals surface area contributed by atoms with Gasteiger partial charge in [0.1, 0.15) is 38.1 Å². The van der Waals surface area contributed by atoms with Crippen LogP contribution in [0.15, 0.2) is 133 Å². The van der Waals surface area contributed by atoms with Crippen LogP contribution in [-0.2, 0) is 64.6 Å². The normalized spacial score (nSPS) is 10.4. The van der Waals surface area contributed by atoms with Gasteiger partial charge in [-0.15, -0.1) is 0 Å². The maximum absolute atomic E-state index is 13.4. The molecule has 0 N–H and O–H groups in total. The molecule has 0 radical (unpaired) electrons. The molecule has 0 saturated carbocycles. The molecule has 0 heterocycles. The Morgan fingerprint density at radius 2 is 0.620 bits per heavy atom. The van der Waals surface area contributed by atoms with E-state index >= 15 is 0 Å². The average molecular weight is 677 g/mol. The Kier molecular flexibility index (Phi) is 11.9. The Hall–Kier alpha value is -6.42. The first-order valence-corrected chi connectivity index (χ1v) is 15.4. The summed E-state index contributed by atoms with van der Waals surface area (Å²) in [5.41, 5.74) is 1.45. The third-order valence-electron chi connectivity index (χ3n) is 7.27. The average Bonchev–Trinajstić information content (AvgIpc) is 3.14. The zero-order valence-corrected chi connectivity index (χ0v) is 26.6. The lowest BCUT2D eigenvalue weighted by Gasteiger charge is -2.11. The molecule has 5 rings (SSSR count). The molecule has 10 heteroatoms. The molecule has 0 aromatic heterocycles. The monoisotopic (exact) mass is 676 g/mol. The lowest BCUT2D eigenvalue weighted by Crippen LogP contribution is -2.28. The van der Waals surface area contributed by atoms with Gasteiger partial charge in [0.05, 0.1) is 0 Å². The summed E-state index contributed by atoms with van der Waals surface area (Å²) in [5, 5.41) is 0.153. The quantitative estimate of drug-likeness (QED) is 0.100. The van der Waals surface area contributed by atoms with Crippen LogP contribution < -0.4 is 10.4 Å². The van der Waals surface area contributed by atoms with Crippen molar-refractivity contribution >= 4 is 35.0 Å². The Morgan fingerprint density at radius 3 is 0.900 bits per heavy atom. The first-order chi connectivity index (χ1) is 24.3. The van der Waals surface area contributed by atoms with E-state index in [-0.39, 0.29) is 36.9 Å². The van der Waals surface area contributed by atoms with Gasteiger partial charge in [0.25, 0.3) is 0 Å². The van der Waals surface area contributed by atoms with Gasteiger partial charge in [-0.1, -0.05) is 109 Å². The largest absolute Gasteiger partial charge is 0.457 e. The summed E-state index contributed by atoms with van der Waals surface area (Å²) in [6, 6.07) is 33.7. The van der Waals surface area contributed by atoms with Crippen LogP contribution in [0.2, 0.25) is 0 Å². The molecule has 0 aliphatic carbocycles. The highest BCUT2D eigenvalue weighted by Gasteiger charge is 2.25. The number of carbonyl (C=O) groups is 4. The summed E-state index contributed by atoms with van der Waals surface area (Å²) in [5.74, 6) is -4.91. The van der Waals surface area contributed by atoms with Crippen LogP contribution >= 0.6 is 0 Å². The fourth-order valence-electron chi connectivity index (χ4n) is 4.64. The summed E-state index contributed by atoms with van der Waals surface area (Å²) in [7, 11) is 0. The van der Waals surface area contributed by atoms with Gasteiger partial charge in [0.2, 0.25) is 0 Å². The fraction of sp³-hybridized carbons (Fsp3) is 0.100. The minimum Gasteiger partial charge on any atom is -0.457 e. The molecule has 0 unspecified atom stereocenters. The first-order valence-electron chi connectivity index (χ1n) is 15.4. The van der Waals surface area contributed by atoms with E-state index < -0.39 is 46.7 Å². The summed E-state index contributed by atoms with van der Waals surface area (Å²) in [6.45, 7) is -0.759. The molecule has 0 aliphatic heterocycles. The van der Waals surface area contributed by atoms with Crippen LogP contribution in [0.1, 0.15) is 22.3 Å². The SMILES string of the molecule is O=C(OCc1ccccc1)C(C(=O)OCc1ccccc1)=c1ccc(=C(C(=O)OCc2ccc(F)cc2)C(=O)OCc2ccc(F)cc2)cc1. The van der Waals surface area contributed by atoms with Gasteiger partial charge in [-0.3, -0.25) is 0 Å². The van der Waals surface area contributed by atoms with E-state index in [2.05, 4.69) is 0 Å². The van der Waals surface area contributed by atoms with Crippen LogP contribution in [0.4, 0.5) is 8.78 Å². The Labute approximate surface area is 285 Å². The van der Waals surface area contributed by atoms with Gasteiger partial charge in [-0.05, 0) is 57.0 Å². The van der Waals surface area contributed by atoms with Crippen molar-refractivity contribution in [3.05, 3.63) is 178 Å². The number of benzene rings is 5. The first kappa shape index (κ1) is 34.9. The van der Waals surface area contributed by atoms with Crippen molar-refractivity contribution in [1.29, 1.82) is 0 Å². The molecule has 252 valence electrons. The van der Waals surface area contributed by atoms with Crippen molar-refractivity contribution < 1.29 is 46.9 Å². The minimum atomic E-state index is -1.04. The molecule has 8 nitrogen and oxygen atoms in total. The van der Waals surface area contributed by atoms with Crippen molar-refractivity contribution in [2.45, 2.75) is 26.4 Å². The third-order valence-corrected chi connectivity index (χ3v) is 7.27. The van der Waals surface area contributed by atoms with Crippen LogP contribution in [0, 0.1) is 11.6 Å². The van der Waals surface area contributed by atoms with Gasteiger partial charge in [-0.2, -0.15) is 0 Å². The van der Waals surface area contributed by atoms with Crippen molar-refractivity contribution in [1.82, 2.24) is 0 Å². The maximum Gasteiger partial charge on any atom is 0.346 e. The highest BCUT2D eigenvalue weighted by atomic mass is 19.1. The Morgan fingerprint density at radius 1 is 0.360 bits per heavy atom. The molecular weight excluding hydrogens is 646 g/mol. The number of ether oxygens (including phenoxy) is 4. The van der Waals surface area contributed by atoms with E-state index in [1.165, 1.54) is 72.8 Å². The van der Waals surface area contributed by atoms with E-state index in [4.69, 9.17) is 18.9 Å². The van der Waals surface area contributed by atoms with Crippen molar-refractivity contribution in [2.24, 2.45) is 0 Å². The molecule has 0 bridgehead atoms. The van der Waals surface area contributed by atoms with Crippen molar-refractivity contribution in [2.75, 3.05) is 0 Å². The highest BCUT2D eigenvalue weighted by molar-refractivity contribution is 6.37. The summed E-state index contributed by atoms with van der Waals surface area (Å²) >= 11 is 0. The predicted molar refractivity (Wildman–Crippen MR) is 177 cm³/mol. The fourth-order valence-corrected chi connectivity index (χ4v) is 4.64. The third kappa shape index (κ3) is 9.80. The second kappa shape index (κ2) is 17.1. The highest BCUT2D eigenvalue weighted by Crippen LogP contribution is 2.12. The summed E-state index contributed by atoms with van der Waals surface area (Å²) in [4.78, 5) is 53.3. The number of esters is 4. The number of hydrogen-bond donors (Lipinski definition) is 0. The smallest absolute Gasteiger partial charge is 0.346 e. The standard InChI is InChI=1S/C40H30F2O8/c41-33-19-11-29(12-20-33)25-49-39(45)36(40(46)50-26-30-13-21-34(42)22-14-30)32-17-15-31(16-18-32)35(37(43)47-23-27-7-3-1-4-8-27)38(44)48-24-28-9-5-2-6-10-28/h1-22H,23-26H2. The number of carbonyl (C=O) groups excluding carboxylic acids is 4. The van der Waals surface area contributed by atoms with Crippen molar-refractivity contribution in [3.63, 3.8) is 0 Å².